The molecule has 2 aliphatic rings. The van der Waals surface area contributed by atoms with Gasteiger partial charge < -0.3 is 54.1 Å². The molecule has 3 aromatic rings. The zero-order chi connectivity index (χ0) is 43.3. The first-order valence-electron chi connectivity index (χ1n) is 19.3. The van der Waals surface area contributed by atoms with Gasteiger partial charge in [-0.2, -0.15) is 23.4 Å². The number of aromatic nitrogens is 4. The number of ether oxygens (including phenoxy) is 8. The number of fused-ring (bicyclic) bond motifs is 1. The first kappa shape index (κ1) is 47.0. The van der Waals surface area contributed by atoms with Crippen LogP contribution in [0.3, 0.4) is 0 Å². The number of halogens is 5. The number of carbonyl (C=O) groups is 2. The molecule has 0 radical (unpaired) electrons. The predicted octanol–water partition coefficient (Wildman–Crippen LogP) is 4.89. The standard InChI is InChI=1S/C38H51ClF4N6O11/c1-48-34(44)31(35(50)45-27-3-4-30(40)29(39)19-27)32(46-48)24-17-25-20-37(52,21-26(25)18-24)28-22-49(47-33(28)38(41,42)43)23-60-36(51)59-16-15-58-14-13-57-12-11-56-10-9-55-8-7-54-6-5-53-2/h3-4,19,22,24-26,52H,5-18,20-21,23,44H2,1-2H3,(H,45,50). The maximum Gasteiger partial charge on any atom is 0.510 e. The van der Waals surface area contributed by atoms with E-state index in [9.17, 15) is 32.3 Å². The van der Waals surface area contributed by atoms with Crippen LogP contribution in [-0.2, 0) is 63.5 Å². The highest BCUT2D eigenvalue weighted by molar-refractivity contribution is 6.31. The number of amides is 1. The van der Waals surface area contributed by atoms with E-state index in [1.54, 1.807) is 14.2 Å². The number of methoxy groups -OCH3 is 1. The molecule has 60 heavy (non-hydrogen) atoms. The minimum Gasteiger partial charge on any atom is -0.432 e. The summed E-state index contributed by atoms with van der Waals surface area (Å²) in [7, 11) is 3.18. The highest BCUT2D eigenvalue weighted by Crippen LogP contribution is 2.58. The summed E-state index contributed by atoms with van der Waals surface area (Å²) in [6.07, 6.45) is -4.20. The highest BCUT2D eigenvalue weighted by atomic mass is 35.5. The fraction of sp³-hybridized carbons (Fsp3) is 0.632. The largest absolute Gasteiger partial charge is 0.510 e. The van der Waals surface area contributed by atoms with Crippen molar-refractivity contribution in [2.45, 2.75) is 50.1 Å². The smallest absolute Gasteiger partial charge is 0.432 e. The minimum absolute atomic E-state index is 0.00883. The molecule has 2 unspecified atom stereocenters. The Kier molecular flexibility index (Phi) is 17.3. The van der Waals surface area contributed by atoms with Gasteiger partial charge in [-0.05, 0) is 55.7 Å². The van der Waals surface area contributed by atoms with Crippen molar-refractivity contribution < 1.29 is 70.2 Å². The Labute approximate surface area is 348 Å². The van der Waals surface area contributed by atoms with Crippen LogP contribution < -0.4 is 11.1 Å². The van der Waals surface area contributed by atoms with E-state index in [0.717, 1.165) is 16.9 Å². The lowest BCUT2D eigenvalue weighted by molar-refractivity contribution is -0.144. The van der Waals surface area contributed by atoms with E-state index in [2.05, 4.69) is 15.5 Å². The molecule has 1 amide bonds. The van der Waals surface area contributed by atoms with Gasteiger partial charge in [0.25, 0.3) is 5.91 Å². The molecule has 17 nitrogen and oxygen atoms in total. The molecule has 1 aromatic carbocycles. The lowest BCUT2D eigenvalue weighted by Crippen LogP contribution is -2.26. The Morgan fingerprint density at radius 2 is 1.45 bits per heavy atom. The van der Waals surface area contributed by atoms with Crippen molar-refractivity contribution in [3.8, 4) is 0 Å². The molecule has 5 rings (SSSR count). The Morgan fingerprint density at radius 1 is 0.900 bits per heavy atom. The molecule has 2 fully saturated rings. The van der Waals surface area contributed by atoms with Gasteiger partial charge in [-0.15, -0.1) is 0 Å². The van der Waals surface area contributed by atoms with Crippen molar-refractivity contribution in [1.82, 2.24) is 19.6 Å². The van der Waals surface area contributed by atoms with Gasteiger partial charge in [-0.3, -0.25) is 9.48 Å². The van der Waals surface area contributed by atoms with Gasteiger partial charge in [0.1, 0.15) is 23.8 Å². The first-order valence-corrected chi connectivity index (χ1v) is 19.7. The summed E-state index contributed by atoms with van der Waals surface area (Å²) in [6.45, 7) is 3.20. The summed E-state index contributed by atoms with van der Waals surface area (Å²) >= 11 is 5.87. The monoisotopic (exact) mass is 878 g/mol. The summed E-state index contributed by atoms with van der Waals surface area (Å²) in [5, 5.41) is 22.3. The van der Waals surface area contributed by atoms with Crippen LogP contribution in [-0.4, -0.2) is 123 Å². The number of rotatable bonds is 24. The number of alkyl halides is 3. The van der Waals surface area contributed by atoms with Crippen LogP contribution >= 0.6 is 11.6 Å². The quantitative estimate of drug-likeness (QED) is 0.0624. The van der Waals surface area contributed by atoms with Crippen LogP contribution in [0.4, 0.5) is 33.9 Å². The first-order chi connectivity index (χ1) is 28.7. The Hall–Kier alpha value is -4.09. The van der Waals surface area contributed by atoms with E-state index in [4.69, 9.17) is 55.2 Å². The Morgan fingerprint density at radius 3 is 1.98 bits per heavy atom. The summed E-state index contributed by atoms with van der Waals surface area (Å²) in [5.74, 6) is -1.84. The minimum atomic E-state index is -4.91. The summed E-state index contributed by atoms with van der Waals surface area (Å²) < 4.78 is 100. The van der Waals surface area contributed by atoms with Gasteiger partial charge >= 0.3 is 12.3 Å². The third kappa shape index (κ3) is 13.0. The summed E-state index contributed by atoms with van der Waals surface area (Å²) in [4.78, 5) is 25.5. The molecule has 2 atom stereocenters. The molecule has 0 bridgehead atoms. The normalized spacial score (nSPS) is 20.1. The number of nitrogen functional groups attached to an aromatic ring is 1. The van der Waals surface area contributed by atoms with Gasteiger partial charge in [0.05, 0.1) is 89.0 Å². The topological polar surface area (TPSA) is 202 Å². The number of aliphatic hydroxyl groups is 1. The van der Waals surface area contributed by atoms with Crippen molar-refractivity contribution in [3.63, 3.8) is 0 Å². The van der Waals surface area contributed by atoms with Crippen molar-refractivity contribution in [1.29, 1.82) is 0 Å². The fourth-order valence-corrected chi connectivity index (χ4v) is 7.64. The molecule has 2 saturated carbocycles. The molecule has 2 heterocycles. The molecule has 2 aromatic heterocycles. The molecule has 22 heteroatoms. The Balaban J connectivity index is 1.02. The van der Waals surface area contributed by atoms with Crippen molar-refractivity contribution in [3.05, 3.63) is 57.8 Å². The van der Waals surface area contributed by atoms with Crippen LogP contribution in [0.1, 0.15) is 58.9 Å². The van der Waals surface area contributed by atoms with Gasteiger partial charge in [0.2, 0.25) is 0 Å². The number of nitrogens with zero attached hydrogens (tertiary/aromatic N) is 4. The SMILES string of the molecule is COCCOCCOCCOCCOCCOCCOC(=O)OCn1cc(C2(O)CC3CC(c4nn(C)c(N)c4C(=O)Nc4ccc(F)c(Cl)c4)CC3C2)c(C(F)(F)F)n1. The number of carbonyl (C=O) groups excluding carboxylic acids is 2. The number of nitrogens with two attached hydrogens (primary N) is 1. The van der Waals surface area contributed by atoms with Crippen LogP contribution in [0, 0.1) is 17.7 Å². The summed E-state index contributed by atoms with van der Waals surface area (Å²) in [5.41, 5.74) is 3.44. The Bertz CT molecular complexity index is 1850. The molecule has 4 N–H and O–H groups in total. The predicted molar refractivity (Wildman–Crippen MR) is 205 cm³/mol. The molecule has 334 valence electrons. The molecular weight excluding hydrogens is 828 g/mol. The third-order valence-electron chi connectivity index (χ3n) is 10.2. The second-order valence-electron chi connectivity index (χ2n) is 14.3. The maximum absolute atomic E-state index is 14.2. The van der Waals surface area contributed by atoms with Crippen LogP contribution in [0.5, 0.6) is 0 Å². The number of anilines is 2. The number of aryl methyl sites for hydroxylation is 1. The number of benzene rings is 1. The lowest BCUT2D eigenvalue weighted by atomic mass is 9.87. The lowest BCUT2D eigenvalue weighted by Gasteiger charge is -2.25. The van der Waals surface area contributed by atoms with Gasteiger partial charge in [-0.25, -0.2) is 13.9 Å². The number of hydrogen-bond acceptors (Lipinski definition) is 14. The van der Waals surface area contributed by atoms with Gasteiger partial charge in [0, 0.05) is 37.5 Å². The number of nitrogens with one attached hydrogen (secondary N) is 1. The second-order valence-corrected chi connectivity index (χ2v) is 14.7. The van der Waals surface area contributed by atoms with E-state index in [1.165, 1.54) is 16.8 Å². The molecule has 0 spiro atoms. The van der Waals surface area contributed by atoms with Gasteiger partial charge in [0.15, 0.2) is 12.4 Å². The highest BCUT2D eigenvalue weighted by Gasteiger charge is 2.54. The zero-order valence-corrected chi connectivity index (χ0v) is 34.1. The van der Waals surface area contributed by atoms with Crippen LogP contribution in [0.2, 0.25) is 5.02 Å². The maximum atomic E-state index is 14.2. The van der Waals surface area contributed by atoms with Crippen molar-refractivity contribution >= 4 is 35.2 Å². The average Bonchev–Trinajstić information content (AvgIpc) is 3.96. The zero-order valence-electron chi connectivity index (χ0n) is 33.3. The van der Waals surface area contributed by atoms with Crippen LogP contribution in [0.25, 0.3) is 0 Å². The molecule has 0 aliphatic heterocycles. The fourth-order valence-electron chi connectivity index (χ4n) is 7.46. The van der Waals surface area contributed by atoms with E-state index in [0.29, 0.717) is 71.4 Å². The van der Waals surface area contributed by atoms with E-state index in [-0.39, 0.29) is 79.1 Å². The van der Waals surface area contributed by atoms with Crippen molar-refractivity contribution in [2.75, 3.05) is 97.4 Å². The molecule has 0 saturated heterocycles. The third-order valence-corrected chi connectivity index (χ3v) is 10.5. The van der Waals surface area contributed by atoms with E-state index < -0.39 is 47.6 Å². The molecule has 2 aliphatic carbocycles. The average molecular weight is 879 g/mol. The van der Waals surface area contributed by atoms with E-state index >= 15 is 0 Å². The van der Waals surface area contributed by atoms with Crippen molar-refractivity contribution in [2.24, 2.45) is 18.9 Å². The van der Waals surface area contributed by atoms with Crippen LogP contribution in [0.15, 0.2) is 24.4 Å². The molecular formula is C38H51ClF4N6O11. The van der Waals surface area contributed by atoms with Gasteiger partial charge in [-0.1, -0.05) is 11.6 Å². The van der Waals surface area contributed by atoms with E-state index in [1.807, 2.05) is 0 Å². The second kappa shape index (κ2) is 22.1. The number of hydrogen-bond donors (Lipinski definition) is 3. The summed E-state index contributed by atoms with van der Waals surface area (Å²) in [6, 6.07) is 3.72.